The molecule has 0 aliphatic heterocycles. The fraction of sp³-hybridized carbons (Fsp3) is 1.00. The zero-order valence-corrected chi connectivity index (χ0v) is 12.1. The Morgan fingerprint density at radius 1 is 0.941 bits per heavy atom. The van der Waals surface area contributed by atoms with E-state index in [-0.39, 0.29) is 0 Å². The zero-order chi connectivity index (χ0) is 12.3. The molecule has 0 saturated heterocycles. The topological polar surface area (TPSA) is 12.0 Å². The Kier molecular flexibility index (Phi) is 4.52. The van der Waals surface area contributed by atoms with Gasteiger partial charge in [-0.3, -0.25) is 0 Å². The van der Waals surface area contributed by atoms with Gasteiger partial charge in [-0.15, -0.1) is 0 Å². The Bertz CT molecular complexity index is 228. The van der Waals surface area contributed by atoms with Gasteiger partial charge >= 0.3 is 0 Å². The smallest absolute Gasteiger partial charge is 0.0121 e. The molecule has 2 saturated carbocycles. The molecule has 1 heteroatoms. The molecule has 2 aliphatic carbocycles. The van der Waals surface area contributed by atoms with E-state index in [4.69, 9.17) is 0 Å². The molecular formula is C16H31N. The standard InChI is InChI=1S/C16H31N/c1-13(14-9-5-4-6-10-14)17-15-11-7-8-12-16(15,2)3/h13-15,17H,4-12H2,1-3H3/t13-,15?/m0/s1. The normalized spacial score (nSPS) is 32.3. The minimum atomic E-state index is 0.515. The molecule has 1 nitrogen and oxygen atoms in total. The van der Waals surface area contributed by atoms with Gasteiger partial charge in [0.1, 0.15) is 0 Å². The van der Waals surface area contributed by atoms with Gasteiger partial charge in [-0.25, -0.2) is 0 Å². The monoisotopic (exact) mass is 237 g/mol. The van der Waals surface area contributed by atoms with Crippen LogP contribution in [0.1, 0.15) is 78.6 Å². The fourth-order valence-corrected chi connectivity index (χ4v) is 3.89. The molecule has 2 aliphatic rings. The van der Waals surface area contributed by atoms with E-state index >= 15 is 0 Å². The maximum atomic E-state index is 3.98. The molecule has 2 atom stereocenters. The maximum Gasteiger partial charge on any atom is 0.0121 e. The maximum absolute atomic E-state index is 3.98. The van der Waals surface area contributed by atoms with Crippen molar-refractivity contribution in [2.45, 2.75) is 90.6 Å². The summed E-state index contributed by atoms with van der Waals surface area (Å²) in [5.74, 6) is 0.946. The lowest BCUT2D eigenvalue weighted by Crippen LogP contribution is -2.50. The predicted octanol–water partition coefficient (Wildman–Crippen LogP) is 4.51. The summed E-state index contributed by atoms with van der Waals surface area (Å²) in [5, 5.41) is 3.98. The molecule has 0 radical (unpaired) electrons. The van der Waals surface area contributed by atoms with Gasteiger partial charge in [-0.05, 0) is 43.9 Å². The van der Waals surface area contributed by atoms with Crippen LogP contribution in [0.15, 0.2) is 0 Å². The molecule has 1 N–H and O–H groups in total. The molecule has 1 unspecified atom stereocenters. The molecule has 0 aromatic heterocycles. The summed E-state index contributed by atoms with van der Waals surface area (Å²) in [6, 6.07) is 1.49. The highest BCUT2D eigenvalue weighted by Gasteiger charge is 2.34. The first-order valence-corrected chi connectivity index (χ1v) is 7.86. The van der Waals surface area contributed by atoms with E-state index < -0.39 is 0 Å². The third kappa shape index (κ3) is 3.47. The van der Waals surface area contributed by atoms with Gasteiger partial charge in [-0.2, -0.15) is 0 Å². The summed E-state index contributed by atoms with van der Waals surface area (Å²) >= 11 is 0. The molecule has 2 rings (SSSR count). The molecule has 100 valence electrons. The van der Waals surface area contributed by atoms with Gasteiger partial charge in [0.25, 0.3) is 0 Å². The summed E-state index contributed by atoms with van der Waals surface area (Å²) in [4.78, 5) is 0. The van der Waals surface area contributed by atoms with E-state index in [0.29, 0.717) is 5.41 Å². The van der Waals surface area contributed by atoms with Crippen LogP contribution in [-0.4, -0.2) is 12.1 Å². The number of hydrogen-bond donors (Lipinski definition) is 1. The van der Waals surface area contributed by atoms with Gasteiger partial charge in [0, 0.05) is 12.1 Å². The molecule has 0 heterocycles. The fourth-order valence-electron chi connectivity index (χ4n) is 3.89. The van der Waals surface area contributed by atoms with Gasteiger partial charge in [0.15, 0.2) is 0 Å². The van der Waals surface area contributed by atoms with Gasteiger partial charge < -0.3 is 5.32 Å². The van der Waals surface area contributed by atoms with Crippen LogP contribution in [-0.2, 0) is 0 Å². The third-order valence-electron chi connectivity index (χ3n) is 5.33. The number of nitrogens with one attached hydrogen (secondary N) is 1. The number of rotatable bonds is 3. The summed E-state index contributed by atoms with van der Waals surface area (Å²) in [5.41, 5.74) is 0.515. The van der Waals surface area contributed by atoms with Crippen molar-refractivity contribution in [3.63, 3.8) is 0 Å². The predicted molar refractivity (Wildman–Crippen MR) is 75.2 cm³/mol. The molecule has 0 aromatic rings. The van der Waals surface area contributed by atoms with Gasteiger partial charge in [0.2, 0.25) is 0 Å². The van der Waals surface area contributed by atoms with Crippen LogP contribution in [0.3, 0.4) is 0 Å². The Morgan fingerprint density at radius 2 is 1.59 bits per heavy atom. The molecule has 0 aromatic carbocycles. The Hall–Kier alpha value is -0.0400. The second kappa shape index (κ2) is 5.73. The summed E-state index contributed by atoms with van der Waals surface area (Å²) in [7, 11) is 0. The van der Waals surface area contributed by atoms with Gasteiger partial charge in [0.05, 0.1) is 0 Å². The number of hydrogen-bond acceptors (Lipinski definition) is 1. The first-order valence-electron chi connectivity index (χ1n) is 7.86. The van der Waals surface area contributed by atoms with Crippen molar-refractivity contribution in [3.05, 3.63) is 0 Å². The molecule has 0 amide bonds. The van der Waals surface area contributed by atoms with Crippen molar-refractivity contribution in [2.75, 3.05) is 0 Å². The van der Waals surface area contributed by atoms with Crippen LogP contribution in [0.5, 0.6) is 0 Å². The van der Waals surface area contributed by atoms with Crippen molar-refractivity contribution in [2.24, 2.45) is 11.3 Å². The quantitative estimate of drug-likeness (QED) is 0.761. The lowest BCUT2D eigenvalue weighted by molar-refractivity contribution is 0.138. The van der Waals surface area contributed by atoms with Crippen LogP contribution < -0.4 is 5.32 Å². The van der Waals surface area contributed by atoms with E-state index in [1.54, 1.807) is 0 Å². The summed E-state index contributed by atoms with van der Waals surface area (Å²) < 4.78 is 0. The second-order valence-corrected chi connectivity index (χ2v) is 7.14. The van der Waals surface area contributed by atoms with Crippen molar-refractivity contribution in [3.8, 4) is 0 Å². The molecular weight excluding hydrogens is 206 g/mol. The Balaban J connectivity index is 1.85. The first kappa shape index (κ1) is 13.4. The third-order valence-corrected chi connectivity index (χ3v) is 5.33. The van der Waals surface area contributed by atoms with E-state index in [0.717, 1.165) is 18.0 Å². The molecule has 17 heavy (non-hydrogen) atoms. The second-order valence-electron chi connectivity index (χ2n) is 7.14. The van der Waals surface area contributed by atoms with E-state index in [9.17, 15) is 0 Å². The Morgan fingerprint density at radius 3 is 2.24 bits per heavy atom. The lowest BCUT2D eigenvalue weighted by atomic mass is 9.72. The minimum absolute atomic E-state index is 0.515. The molecule has 2 fully saturated rings. The SMILES string of the molecule is C[C@H](NC1CCCCC1(C)C)C1CCCCC1. The summed E-state index contributed by atoms with van der Waals surface area (Å²) in [6.07, 6.45) is 13.0. The summed E-state index contributed by atoms with van der Waals surface area (Å²) in [6.45, 7) is 7.34. The van der Waals surface area contributed by atoms with E-state index in [1.165, 1.54) is 57.8 Å². The highest BCUT2D eigenvalue weighted by molar-refractivity contribution is 4.90. The Labute approximate surface area is 108 Å². The highest BCUT2D eigenvalue weighted by atomic mass is 15.0. The first-order chi connectivity index (χ1) is 8.09. The molecule has 0 spiro atoms. The zero-order valence-electron chi connectivity index (χ0n) is 12.1. The van der Waals surface area contributed by atoms with Crippen molar-refractivity contribution in [1.82, 2.24) is 5.32 Å². The van der Waals surface area contributed by atoms with Gasteiger partial charge in [-0.1, -0.05) is 46.0 Å². The van der Waals surface area contributed by atoms with E-state index in [1.807, 2.05) is 0 Å². The van der Waals surface area contributed by atoms with Crippen LogP contribution >= 0.6 is 0 Å². The van der Waals surface area contributed by atoms with Crippen LogP contribution in [0.25, 0.3) is 0 Å². The van der Waals surface area contributed by atoms with Crippen molar-refractivity contribution >= 4 is 0 Å². The highest BCUT2D eigenvalue weighted by Crippen LogP contribution is 2.36. The van der Waals surface area contributed by atoms with E-state index in [2.05, 4.69) is 26.1 Å². The average Bonchev–Trinajstić information content (AvgIpc) is 2.33. The molecule has 0 bridgehead atoms. The van der Waals surface area contributed by atoms with Crippen molar-refractivity contribution < 1.29 is 0 Å². The average molecular weight is 237 g/mol. The minimum Gasteiger partial charge on any atom is -0.311 e. The van der Waals surface area contributed by atoms with Crippen molar-refractivity contribution in [1.29, 1.82) is 0 Å². The lowest BCUT2D eigenvalue weighted by Gasteiger charge is -2.42. The largest absolute Gasteiger partial charge is 0.311 e. The van der Waals surface area contributed by atoms with Crippen LogP contribution in [0.4, 0.5) is 0 Å². The van der Waals surface area contributed by atoms with Crippen LogP contribution in [0.2, 0.25) is 0 Å². The van der Waals surface area contributed by atoms with Crippen LogP contribution in [0, 0.1) is 11.3 Å².